The molecule has 0 amide bonds. The highest BCUT2D eigenvalue weighted by Gasteiger charge is 2.01. The lowest BCUT2D eigenvalue weighted by molar-refractivity contribution is 0.812. The summed E-state index contributed by atoms with van der Waals surface area (Å²) in [6, 6.07) is 5.89. The van der Waals surface area contributed by atoms with Crippen LogP contribution in [0.4, 0.5) is 11.4 Å². The third-order valence-corrected chi connectivity index (χ3v) is 2.36. The zero-order valence-electron chi connectivity index (χ0n) is 9.44. The standard InChI is InChI=1S/C11H15N5/c1-8-3-9(12)5-10(4-8)13-6-11-15-14-7-16(11)2/h3-5,7,13H,6,12H2,1-2H3. The van der Waals surface area contributed by atoms with E-state index >= 15 is 0 Å². The van der Waals surface area contributed by atoms with E-state index in [2.05, 4.69) is 15.5 Å². The van der Waals surface area contributed by atoms with Gasteiger partial charge < -0.3 is 15.6 Å². The van der Waals surface area contributed by atoms with Crippen LogP contribution in [0.25, 0.3) is 0 Å². The largest absolute Gasteiger partial charge is 0.399 e. The third-order valence-electron chi connectivity index (χ3n) is 2.36. The predicted octanol–water partition coefficient (Wildman–Crippen LogP) is 1.32. The molecule has 2 rings (SSSR count). The van der Waals surface area contributed by atoms with E-state index in [9.17, 15) is 0 Å². The number of rotatable bonds is 3. The van der Waals surface area contributed by atoms with Crippen LogP contribution in [0.5, 0.6) is 0 Å². The van der Waals surface area contributed by atoms with E-state index in [0.717, 1.165) is 22.8 Å². The Morgan fingerprint density at radius 2 is 2.19 bits per heavy atom. The van der Waals surface area contributed by atoms with E-state index in [0.29, 0.717) is 6.54 Å². The van der Waals surface area contributed by atoms with Crippen molar-refractivity contribution in [3.8, 4) is 0 Å². The van der Waals surface area contributed by atoms with Crippen molar-refractivity contribution >= 4 is 11.4 Å². The highest BCUT2D eigenvalue weighted by atomic mass is 15.3. The Labute approximate surface area is 94.3 Å². The summed E-state index contributed by atoms with van der Waals surface area (Å²) in [6.07, 6.45) is 1.68. The van der Waals surface area contributed by atoms with Crippen molar-refractivity contribution in [1.82, 2.24) is 14.8 Å². The average molecular weight is 217 g/mol. The highest BCUT2D eigenvalue weighted by Crippen LogP contribution is 2.16. The molecule has 3 N–H and O–H groups in total. The Morgan fingerprint density at radius 1 is 1.38 bits per heavy atom. The Balaban J connectivity index is 2.07. The molecule has 0 radical (unpaired) electrons. The molecule has 1 heterocycles. The second kappa shape index (κ2) is 4.22. The molecule has 0 aliphatic carbocycles. The maximum atomic E-state index is 5.77. The number of aromatic nitrogens is 3. The number of nitrogens with zero attached hydrogens (tertiary/aromatic N) is 3. The molecule has 0 aliphatic rings. The molecule has 0 unspecified atom stereocenters. The van der Waals surface area contributed by atoms with E-state index in [4.69, 9.17) is 5.73 Å². The summed E-state index contributed by atoms with van der Waals surface area (Å²) < 4.78 is 1.88. The van der Waals surface area contributed by atoms with Crippen molar-refractivity contribution in [3.63, 3.8) is 0 Å². The first-order chi connectivity index (χ1) is 7.65. The molecule has 1 aromatic heterocycles. The Hall–Kier alpha value is -2.04. The van der Waals surface area contributed by atoms with Gasteiger partial charge in [-0.05, 0) is 30.7 Å². The van der Waals surface area contributed by atoms with Crippen LogP contribution in [-0.4, -0.2) is 14.8 Å². The minimum absolute atomic E-state index is 0.638. The number of nitrogen functional groups attached to an aromatic ring is 1. The van der Waals surface area contributed by atoms with Crippen LogP contribution in [0.2, 0.25) is 0 Å². The molecule has 0 spiro atoms. The first-order valence-electron chi connectivity index (χ1n) is 5.09. The van der Waals surface area contributed by atoms with Gasteiger partial charge in [0.1, 0.15) is 6.33 Å². The van der Waals surface area contributed by atoms with Gasteiger partial charge in [-0.1, -0.05) is 0 Å². The zero-order chi connectivity index (χ0) is 11.5. The lowest BCUT2D eigenvalue weighted by atomic mass is 10.2. The van der Waals surface area contributed by atoms with Crippen LogP contribution in [0.3, 0.4) is 0 Å². The Morgan fingerprint density at radius 3 is 2.81 bits per heavy atom. The van der Waals surface area contributed by atoms with Crippen LogP contribution in [0, 0.1) is 6.92 Å². The summed E-state index contributed by atoms with van der Waals surface area (Å²) in [5, 5.41) is 11.1. The van der Waals surface area contributed by atoms with Crippen LogP contribution >= 0.6 is 0 Å². The van der Waals surface area contributed by atoms with Crippen molar-refractivity contribution in [2.24, 2.45) is 7.05 Å². The van der Waals surface area contributed by atoms with Crippen molar-refractivity contribution in [2.45, 2.75) is 13.5 Å². The molecule has 0 saturated heterocycles. The average Bonchev–Trinajstić information content (AvgIpc) is 2.59. The Kier molecular flexibility index (Phi) is 2.76. The topological polar surface area (TPSA) is 68.8 Å². The third kappa shape index (κ3) is 2.31. The lowest BCUT2D eigenvalue weighted by Gasteiger charge is -2.07. The maximum absolute atomic E-state index is 5.77. The number of nitrogens with one attached hydrogen (secondary N) is 1. The molecule has 0 bridgehead atoms. The van der Waals surface area contributed by atoms with Gasteiger partial charge in [-0.3, -0.25) is 0 Å². The summed E-state index contributed by atoms with van der Waals surface area (Å²) in [4.78, 5) is 0. The number of nitrogens with two attached hydrogens (primary N) is 1. The number of benzene rings is 1. The molecule has 1 aromatic carbocycles. The number of aryl methyl sites for hydroxylation is 2. The van der Waals surface area contributed by atoms with Gasteiger partial charge in [0.25, 0.3) is 0 Å². The van der Waals surface area contributed by atoms with Gasteiger partial charge in [0, 0.05) is 18.4 Å². The van der Waals surface area contributed by atoms with E-state index in [1.165, 1.54) is 0 Å². The SMILES string of the molecule is Cc1cc(N)cc(NCc2nncn2C)c1. The highest BCUT2D eigenvalue weighted by molar-refractivity contribution is 5.56. The van der Waals surface area contributed by atoms with E-state index in [-0.39, 0.29) is 0 Å². The molecule has 0 aliphatic heterocycles. The van der Waals surface area contributed by atoms with Gasteiger partial charge in [0.05, 0.1) is 6.54 Å². The Bertz CT molecular complexity index is 469. The van der Waals surface area contributed by atoms with Gasteiger partial charge in [-0.15, -0.1) is 10.2 Å². The van der Waals surface area contributed by atoms with Crippen LogP contribution < -0.4 is 11.1 Å². The van der Waals surface area contributed by atoms with Gasteiger partial charge in [0.15, 0.2) is 5.82 Å². The summed E-state index contributed by atoms with van der Waals surface area (Å²) in [7, 11) is 1.92. The second-order valence-electron chi connectivity index (χ2n) is 3.84. The fourth-order valence-corrected chi connectivity index (χ4v) is 1.56. The van der Waals surface area contributed by atoms with Crippen LogP contribution in [0.1, 0.15) is 11.4 Å². The molecule has 5 heteroatoms. The summed E-state index contributed by atoms with van der Waals surface area (Å²) in [5.74, 6) is 0.889. The molecule has 84 valence electrons. The normalized spacial score (nSPS) is 10.4. The van der Waals surface area contributed by atoms with Gasteiger partial charge in [0.2, 0.25) is 0 Å². The molecular formula is C11H15N5. The lowest BCUT2D eigenvalue weighted by Crippen LogP contribution is -2.06. The van der Waals surface area contributed by atoms with Crippen LogP contribution in [-0.2, 0) is 13.6 Å². The smallest absolute Gasteiger partial charge is 0.151 e. The van der Waals surface area contributed by atoms with Crippen LogP contribution in [0.15, 0.2) is 24.5 Å². The van der Waals surface area contributed by atoms with Crippen molar-refractivity contribution in [3.05, 3.63) is 35.9 Å². The fraction of sp³-hybridized carbons (Fsp3) is 0.273. The van der Waals surface area contributed by atoms with Gasteiger partial charge in [-0.2, -0.15) is 0 Å². The molecule has 16 heavy (non-hydrogen) atoms. The van der Waals surface area contributed by atoms with Gasteiger partial charge in [-0.25, -0.2) is 0 Å². The molecule has 2 aromatic rings. The minimum Gasteiger partial charge on any atom is -0.399 e. The monoisotopic (exact) mass is 217 g/mol. The zero-order valence-corrected chi connectivity index (χ0v) is 9.44. The molecular weight excluding hydrogens is 202 g/mol. The summed E-state index contributed by atoms with van der Waals surface area (Å²) in [5.41, 5.74) is 8.67. The fourth-order valence-electron chi connectivity index (χ4n) is 1.56. The maximum Gasteiger partial charge on any atom is 0.151 e. The first kappa shape index (κ1) is 10.5. The quantitative estimate of drug-likeness (QED) is 0.761. The number of hydrogen-bond acceptors (Lipinski definition) is 4. The minimum atomic E-state index is 0.638. The molecule has 0 atom stereocenters. The van der Waals surface area contributed by atoms with Crippen molar-refractivity contribution < 1.29 is 0 Å². The molecule has 0 saturated carbocycles. The van der Waals surface area contributed by atoms with E-state index in [1.54, 1.807) is 6.33 Å². The van der Waals surface area contributed by atoms with E-state index < -0.39 is 0 Å². The van der Waals surface area contributed by atoms with Crippen molar-refractivity contribution in [1.29, 1.82) is 0 Å². The second-order valence-corrected chi connectivity index (χ2v) is 3.84. The number of anilines is 2. The number of hydrogen-bond donors (Lipinski definition) is 2. The summed E-state index contributed by atoms with van der Waals surface area (Å²) in [6.45, 7) is 2.66. The molecule has 5 nitrogen and oxygen atoms in total. The predicted molar refractivity (Wildman–Crippen MR) is 63.9 cm³/mol. The van der Waals surface area contributed by atoms with E-state index in [1.807, 2.05) is 36.7 Å². The first-order valence-corrected chi connectivity index (χ1v) is 5.09. The summed E-state index contributed by atoms with van der Waals surface area (Å²) >= 11 is 0. The molecule has 0 fully saturated rings. The van der Waals surface area contributed by atoms with Crippen molar-refractivity contribution in [2.75, 3.05) is 11.1 Å². The van der Waals surface area contributed by atoms with Gasteiger partial charge >= 0.3 is 0 Å².